The van der Waals surface area contributed by atoms with Crippen LogP contribution in [-0.2, 0) is 16.6 Å². The summed E-state index contributed by atoms with van der Waals surface area (Å²) in [6.45, 7) is 2.01. The van der Waals surface area contributed by atoms with Crippen LogP contribution in [0.25, 0.3) is 0 Å². The standard InChI is InChI=1S/C12H16BrNO2S/c1-16-11-2-3-12(13)10(4-11)8-17(15)7-9-5-14-6-9/h2-4,9,14H,5-8H2,1H3. The van der Waals surface area contributed by atoms with E-state index in [0.717, 1.165) is 34.6 Å². The van der Waals surface area contributed by atoms with Gasteiger partial charge in [0.15, 0.2) is 0 Å². The maximum atomic E-state index is 12.0. The highest BCUT2D eigenvalue weighted by molar-refractivity contribution is 9.10. The van der Waals surface area contributed by atoms with Gasteiger partial charge in [-0.2, -0.15) is 0 Å². The van der Waals surface area contributed by atoms with Crippen LogP contribution in [0.5, 0.6) is 5.75 Å². The van der Waals surface area contributed by atoms with Crippen molar-refractivity contribution < 1.29 is 8.95 Å². The quantitative estimate of drug-likeness (QED) is 0.901. The minimum Gasteiger partial charge on any atom is -0.497 e. The van der Waals surface area contributed by atoms with E-state index in [1.165, 1.54) is 0 Å². The summed E-state index contributed by atoms with van der Waals surface area (Å²) in [5.41, 5.74) is 1.05. The Labute approximate surface area is 113 Å². The maximum Gasteiger partial charge on any atom is 0.119 e. The fraction of sp³-hybridized carbons (Fsp3) is 0.500. The Morgan fingerprint density at radius 3 is 2.88 bits per heavy atom. The molecule has 3 nitrogen and oxygen atoms in total. The molecule has 0 spiro atoms. The molecule has 94 valence electrons. The van der Waals surface area contributed by atoms with Crippen LogP contribution in [0.1, 0.15) is 5.56 Å². The predicted molar refractivity (Wildman–Crippen MR) is 73.8 cm³/mol. The molecule has 0 aromatic heterocycles. The summed E-state index contributed by atoms with van der Waals surface area (Å²) in [7, 11) is 0.847. The second-order valence-corrected chi connectivity index (χ2v) is 6.59. The van der Waals surface area contributed by atoms with Crippen LogP contribution in [0, 0.1) is 5.92 Å². The number of hydrogen-bond acceptors (Lipinski definition) is 3. The normalized spacial score (nSPS) is 17.5. The van der Waals surface area contributed by atoms with E-state index in [0.29, 0.717) is 11.7 Å². The number of hydrogen-bond donors (Lipinski definition) is 1. The molecule has 1 fully saturated rings. The van der Waals surface area contributed by atoms with Gasteiger partial charge in [0.2, 0.25) is 0 Å². The molecule has 2 rings (SSSR count). The molecule has 0 radical (unpaired) electrons. The molecule has 1 atom stereocenters. The molecule has 1 heterocycles. The van der Waals surface area contributed by atoms with Crippen molar-refractivity contribution in [3.63, 3.8) is 0 Å². The lowest BCUT2D eigenvalue weighted by Crippen LogP contribution is -2.44. The Bertz CT molecular complexity index is 421. The third-order valence-electron chi connectivity index (χ3n) is 2.86. The van der Waals surface area contributed by atoms with Crippen molar-refractivity contribution in [3.8, 4) is 5.75 Å². The van der Waals surface area contributed by atoms with Gasteiger partial charge >= 0.3 is 0 Å². The van der Waals surface area contributed by atoms with Crippen molar-refractivity contribution in [2.24, 2.45) is 5.92 Å². The van der Waals surface area contributed by atoms with Crippen LogP contribution in [0.2, 0.25) is 0 Å². The Balaban J connectivity index is 1.98. The van der Waals surface area contributed by atoms with E-state index in [1.807, 2.05) is 18.2 Å². The molecule has 1 aliphatic rings. The second kappa shape index (κ2) is 5.98. The second-order valence-electron chi connectivity index (χ2n) is 4.23. The largest absolute Gasteiger partial charge is 0.497 e. The summed E-state index contributed by atoms with van der Waals surface area (Å²) in [4.78, 5) is 0. The molecule has 1 unspecified atom stereocenters. The minimum absolute atomic E-state index is 0.584. The highest BCUT2D eigenvalue weighted by Gasteiger charge is 2.19. The van der Waals surface area contributed by atoms with E-state index in [4.69, 9.17) is 4.74 Å². The highest BCUT2D eigenvalue weighted by Crippen LogP contribution is 2.24. The zero-order valence-corrected chi connectivity index (χ0v) is 12.1. The first kappa shape index (κ1) is 13.1. The average Bonchev–Trinajstić information content (AvgIpc) is 2.27. The van der Waals surface area contributed by atoms with Gasteiger partial charge in [0.25, 0.3) is 0 Å². The van der Waals surface area contributed by atoms with E-state index >= 15 is 0 Å². The first-order valence-corrected chi connectivity index (χ1v) is 7.85. The summed E-state index contributed by atoms with van der Waals surface area (Å²) in [6, 6.07) is 5.78. The van der Waals surface area contributed by atoms with E-state index in [9.17, 15) is 4.21 Å². The van der Waals surface area contributed by atoms with Gasteiger partial charge in [-0.05, 0) is 29.7 Å². The number of ether oxygens (including phenoxy) is 1. The lowest BCUT2D eigenvalue weighted by molar-refractivity contribution is 0.382. The van der Waals surface area contributed by atoms with Crippen LogP contribution < -0.4 is 10.1 Å². The average molecular weight is 318 g/mol. The van der Waals surface area contributed by atoms with E-state index in [1.54, 1.807) is 7.11 Å². The molecule has 0 aliphatic carbocycles. The number of nitrogens with one attached hydrogen (secondary N) is 1. The molecule has 5 heteroatoms. The van der Waals surface area contributed by atoms with Gasteiger partial charge in [-0.3, -0.25) is 4.21 Å². The Kier molecular flexibility index (Phi) is 4.59. The fourth-order valence-electron chi connectivity index (χ4n) is 1.75. The molecule has 17 heavy (non-hydrogen) atoms. The molecule has 0 amide bonds. The summed E-state index contributed by atoms with van der Waals surface area (Å²) < 4.78 is 18.2. The van der Waals surface area contributed by atoms with Crippen LogP contribution >= 0.6 is 15.9 Å². The fourth-order valence-corrected chi connectivity index (χ4v) is 3.79. The molecule has 1 aromatic carbocycles. The minimum atomic E-state index is -0.796. The zero-order valence-electron chi connectivity index (χ0n) is 9.74. The van der Waals surface area contributed by atoms with Gasteiger partial charge in [0.1, 0.15) is 5.75 Å². The van der Waals surface area contributed by atoms with Gasteiger partial charge < -0.3 is 10.1 Å². The van der Waals surface area contributed by atoms with Gasteiger partial charge in [-0.1, -0.05) is 15.9 Å². The number of halogens is 1. The predicted octanol–water partition coefficient (Wildman–Crippen LogP) is 1.93. The van der Waals surface area contributed by atoms with Crippen molar-refractivity contribution in [2.45, 2.75) is 5.75 Å². The van der Waals surface area contributed by atoms with Crippen molar-refractivity contribution in [1.82, 2.24) is 5.32 Å². The Morgan fingerprint density at radius 2 is 2.29 bits per heavy atom. The third kappa shape index (κ3) is 3.53. The molecule has 0 bridgehead atoms. The lowest BCUT2D eigenvalue weighted by atomic mass is 10.1. The van der Waals surface area contributed by atoms with E-state index < -0.39 is 10.8 Å². The number of rotatable bonds is 5. The lowest BCUT2D eigenvalue weighted by Gasteiger charge is -2.26. The van der Waals surface area contributed by atoms with Crippen LogP contribution in [0.3, 0.4) is 0 Å². The third-order valence-corrected chi connectivity index (χ3v) is 5.11. The number of benzene rings is 1. The van der Waals surface area contributed by atoms with Gasteiger partial charge in [0.05, 0.1) is 7.11 Å². The van der Waals surface area contributed by atoms with Crippen LogP contribution in [-0.4, -0.2) is 30.2 Å². The SMILES string of the molecule is COc1ccc(Br)c(CS(=O)CC2CNC2)c1. The van der Waals surface area contributed by atoms with E-state index in [-0.39, 0.29) is 0 Å². The monoisotopic (exact) mass is 317 g/mol. The summed E-state index contributed by atoms with van der Waals surface area (Å²) >= 11 is 3.48. The molecular weight excluding hydrogens is 302 g/mol. The zero-order chi connectivity index (χ0) is 12.3. The van der Waals surface area contributed by atoms with Crippen molar-refractivity contribution in [1.29, 1.82) is 0 Å². The smallest absolute Gasteiger partial charge is 0.119 e. The first-order chi connectivity index (χ1) is 8.19. The van der Waals surface area contributed by atoms with Crippen molar-refractivity contribution >= 4 is 26.7 Å². The van der Waals surface area contributed by atoms with Gasteiger partial charge in [-0.15, -0.1) is 0 Å². The summed E-state index contributed by atoms with van der Waals surface area (Å²) in [5.74, 6) is 2.77. The molecule has 1 saturated heterocycles. The number of methoxy groups -OCH3 is 1. The molecule has 1 N–H and O–H groups in total. The maximum absolute atomic E-state index is 12.0. The van der Waals surface area contributed by atoms with Gasteiger partial charge in [0, 0.05) is 39.9 Å². The Hall–Kier alpha value is -0.390. The molecule has 1 aliphatic heterocycles. The molecule has 1 aromatic rings. The van der Waals surface area contributed by atoms with Crippen molar-refractivity contribution in [3.05, 3.63) is 28.2 Å². The van der Waals surface area contributed by atoms with Crippen molar-refractivity contribution in [2.75, 3.05) is 26.0 Å². The molecule has 0 saturated carbocycles. The summed E-state index contributed by atoms with van der Waals surface area (Å²) in [6.07, 6.45) is 0. The van der Waals surface area contributed by atoms with Crippen LogP contribution in [0.4, 0.5) is 0 Å². The Morgan fingerprint density at radius 1 is 1.53 bits per heavy atom. The first-order valence-electron chi connectivity index (χ1n) is 5.57. The van der Waals surface area contributed by atoms with E-state index in [2.05, 4.69) is 21.2 Å². The topological polar surface area (TPSA) is 38.3 Å². The van der Waals surface area contributed by atoms with Gasteiger partial charge in [-0.25, -0.2) is 0 Å². The highest BCUT2D eigenvalue weighted by atomic mass is 79.9. The summed E-state index contributed by atoms with van der Waals surface area (Å²) in [5, 5.41) is 3.20. The van der Waals surface area contributed by atoms with Crippen LogP contribution in [0.15, 0.2) is 22.7 Å². The molecular formula is C12H16BrNO2S.